The first-order chi connectivity index (χ1) is 9.11. The molecule has 1 aliphatic carbocycles. The molecular weight excluding hydrogens is 298 g/mol. The largest absolute Gasteiger partial charge is 0.368 e. The number of rotatable bonds is 5. The lowest BCUT2D eigenvalue weighted by atomic mass is 10.1. The van der Waals surface area contributed by atoms with Crippen LogP contribution in [-0.2, 0) is 5.33 Å². The van der Waals surface area contributed by atoms with Gasteiger partial charge in [0, 0.05) is 23.6 Å². The Bertz CT molecular complexity index is 408. The quantitative estimate of drug-likeness (QED) is 0.665. The second kappa shape index (κ2) is 6.78. The molecule has 2 heteroatoms. The van der Waals surface area contributed by atoms with Crippen LogP contribution < -0.4 is 4.90 Å². The minimum Gasteiger partial charge on any atom is -0.368 e. The summed E-state index contributed by atoms with van der Waals surface area (Å²) in [7, 11) is 0. The predicted molar refractivity (Wildman–Crippen MR) is 88.3 cm³/mol. The first kappa shape index (κ1) is 14.9. The molecule has 0 bridgehead atoms. The van der Waals surface area contributed by atoms with Crippen LogP contribution in [0.4, 0.5) is 5.69 Å². The number of aryl methyl sites for hydroxylation is 1. The zero-order chi connectivity index (χ0) is 13.8. The van der Waals surface area contributed by atoms with Crippen LogP contribution in [0.5, 0.6) is 0 Å². The standard InChI is InChI=1S/C17H26BrN/c1-13(2)12-19(16-6-4-5-7-16)17-9-8-15(11-18)14(3)10-17/h8-10,13,16H,4-7,11-12H2,1-3H3. The Kier molecular flexibility index (Phi) is 5.32. The van der Waals surface area contributed by atoms with Crippen molar-refractivity contribution < 1.29 is 0 Å². The van der Waals surface area contributed by atoms with Gasteiger partial charge in [0.25, 0.3) is 0 Å². The molecule has 0 aliphatic heterocycles. The molecule has 0 spiro atoms. The van der Waals surface area contributed by atoms with E-state index >= 15 is 0 Å². The zero-order valence-electron chi connectivity index (χ0n) is 12.5. The average molecular weight is 324 g/mol. The molecule has 0 radical (unpaired) electrons. The lowest BCUT2D eigenvalue weighted by molar-refractivity contribution is 0.536. The van der Waals surface area contributed by atoms with Crippen LogP contribution in [0.1, 0.15) is 50.7 Å². The summed E-state index contributed by atoms with van der Waals surface area (Å²) in [5.41, 5.74) is 4.23. The molecule has 0 N–H and O–H groups in total. The maximum Gasteiger partial charge on any atom is 0.0371 e. The molecule has 1 fully saturated rings. The molecule has 0 amide bonds. The molecule has 1 saturated carbocycles. The van der Waals surface area contributed by atoms with Crippen LogP contribution in [0.3, 0.4) is 0 Å². The molecule has 0 unspecified atom stereocenters. The summed E-state index contributed by atoms with van der Waals surface area (Å²) in [4.78, 5) is 2.66. The highest BCUT2D eigenvalue weighted by atomic mass is 79.9. The van der Waals surface area contributed by atoms with Crippen LogP contribution in [0.25, 0.3) is 0 Å². The normalized spacial score (nSPS) is 16.3. The van der Waals surface area contributed by atoms with Crippen molar-refractivity contribution in [3.8, 4) is 0 Å². The van der Waals surface area contributed by atoms with Gasteiger partial charge in [-0.2, -0.15) is 0 Å². The molecule has 1 aliphatic rings. The van der Waals surface area contributed by atoms with Gasteiger partial charge >= 0.3 is 0 Å². The van der Waals surface area contributed by atoms with Crippen LogP contribution in [0, 0.1) is 12.8 Å². The highest BCUT2D eigenvalue weighted by Gasteiger charge is 2.23. The van der Waals surface area contributed by atoms with Crippen molar-refractivity contribution in [3.05, 3.63) is 29.3 Å². The Balaban J connectivity index is 2.23. The van der Waals surface area contributed by atoms with Crippen molar-refractivity contribution in [2.75, 3.05) is 11.4 Å². The summed E-state index contributed by atoms with van der Waals surface area (Å²) in [6.07, 6.45) is 5.54. The smallest absolute Gasteiger partial charge is 0.0371 e. The van der Waals surface area contributed by atoms with Gasteiger partial charge < -0.3 is 4.90 Å². The first-order valence-electron chi connectivity index (χ1n) is 7.54. The van der Waals surface area contributed by atoms with E-state index in [1.165, 1.54) is 49.0 Å². The summed E-state index contributed by atoms with van der Waals surface area (Å²) in [5, 5.41) is 0.951. The fourth-order valence-corrected chi connectivity index (χ4v) is 3.71. The van der Waals surface area contributed by atoms with Gasteiger partial charge in [0.2, 0.25) is 0 Å². The second-order valence-corrected chi connectivity index (χ2v) is 6.79. The fourth-order valence-electron chi connectivity index (χ4n) is 3.08. The zero-order valence-corrected chi connectivity index (χ0v) is 14.0. The molecule has 1 aromatic rings. The molecule has 0 saturated heterocycles. The van der Waals surface area contributed by atoms with Gasteiger partial charge in [-0.1, -0.05) is 48.7 Å². The van der Waals surface area contributed by atoms with Crippen molar-refractivity contribution in [1.29, 1.82) is 0 Å². The average Bonchev–Trinajstić information content (AvgIpc) is 2.89. The summed E-state index contributed by atoms with van der Waals surface area (Å²) in [5.74, 6) is 0.719. The van der Waals surface area contributed by atoms with E-state index in [-0.39, 0.29) is 0 Å². The van der Waals surface area contributed by atoms with Crippen molar-refractivity contribution in [2.45, 2.75) is 57.8 Å². The molecule has 0 atom stereocenters. The van der Waals surface area contributed by atoms with Gasteiger partial charge in [0.15, 0.2) is 0 Å². The van der Waals surface area contributed by atoms with E-state index in [9.17, 15) is 0 Å². The Hall–Kier alpha value is -0.500. The molecule has 0 aromatic heterocycles. The van der Waals surface area contributed by atoms with Crippen molar-refractivity contribution in [3.63, 3.8) is 0 Å². The van der Waals surface area contributed by atoms with Crippen molar-refractivity contribution >= 4 is 21.6 Å². The molecule has 0 heterocycles. The van der Waals surface area contributed by atoms with E-state index in [0.717, 1.165) is 17.3 Å². The number of hydrogen-bond acceptors (Lipinski definition) is 1. The van der Waals surface area contributed by atoms with E-state index < -0.39 is 0 Å². The van der Waals surface area contributed by atoms with Crippen molar-refractivity contribution in [2.24, 2.45) is 5.92 Å². The molecular formula is C17H26BrN. The summed E-state index contributed by atoms with van der Waals surface area (Å²) >= 11 is 3.56. The van der Waals surface area contributed by atoms with E-state index in [2.05, 4.69) is 59.8 Å². The number of hydrogen-bond donors (Lipinski definition) is 0. The monoisotopic (exact) mass is 323 g/mol. The van der Waals surface area contributed by atoms with E-state index in [4.69, 9.17) is 0 Å². The summed E-state index contributed by atoms with van der Waals surface area (Å²) < 4.78 is 0. The molecule has 2 rings (SSSR count). The highest BCUT2D eigenvalue weighted by Crippen LogP contribution is 2.30. The van der Waals surface area contributed by atoms with Gasteiger partial charge in [0.05, 0.1) is 0 Å². The van der Waals surface area contributed by atoms with E-state index in [1.807, 2.05) is 0 Å². The Morgan fingerprint density at radius 2 is 1.95 bits per heavy atom. The van der Waals surface area contributed by atoms with Gasteiger partial charge in [0.1, 0.15) is 0 Å². The Morgan fingerprint density at radius 3 is 2.47 bits per heavy atom. The third-order valence-electron chi connectivity index (χ3n) is 4.13. The number of nitrogens with zero attached hydrogens (tertiary/aromatic N) is 1. The number of benzene rings is 1. The van der Waals surface area contributed by atoms with Crippen LogP contribution >= 0.6 is 15.9 Å². The minimum atomic E-state index is 0.719. The molecule has 1 aromatic carbocycles. The van der Waals surface area contributed by atoms with Gasteiger partial charge in [-0.25, -0.2) is 0 Å². The number of alkyl halides is 1. The van der Waals surface area contributed by atoms with E-state index in [1.54, 1.807) is 0 Å². The Labute approximate surface area is 126 Å². The SMILES string of the molecule is Cc1cc(N(CC(C)C)C2CCCC2)ccc1CBr. The third-order valence-corrected chi connectivity index (χ3v) is 4.73. The topological polar surface area (TPSA) is 3.24 Å². The molecule has 1 nitrogen and oxygen atoms in total. The summed E-state index contributed by atoms with van der Waals surface area (Å²) in [6.45, 7) is 8.05. The van der Waals surface area contributed by atoms with Crippen molar-refractivity contribution in [1.82, 2.24) is 0 Å². The second-order valence-electron chi connectivity index (χ2n) is 6.23. The van der Waals surface area contributed by atoms with E-state index in [0.29, 0.717) is 0 Å². The number of anilines is 1. The highest BCUT2D eigenvalue weighted by molar-refractivity contribution is 9.08. The van der Waals surface area contributed by atoms with Gasteiger partial charge in [-0.3, -0.25) is 0 Å². The van der Waals surface area contributed by atoms with Gasteiger partial charge in [-0.05, 0) is 48.9 Å². The lowest BCUT2D eigenvalue weighted by Crippen LogP contribution is -2.36. The predicted octanol–water partition coefficient (Wildman–Crippen LogP) is 5.29. The lowest BCUT2D eigenvalue weighted by Gasteiger charge is -2.33. The summed E-state index contributed by atoms with van der Waals surface area (Å²) in [6, 6.07) is 7.72. The van der Waals surface area contributed by atoms with Crippen LogP contribution in [0.2, 0.25) is 0 Å². The third kappa shape index (κ3) is 3.75. The van der Waals surface area contributed by atoms with Gasteiger partial charge in [-0.15, -0.1) is 0 Å². The maximum atomic E-state index is 3.56. The number of halogens is 1. The van der Waals surface area contributed by atoms with Crippen LogP contribution in [0.15, 0.2) is 18.2 Å². The van der Waals surface area contributed by atoms with Crippen LogP contribution in [-0.4, -0.2) is 12.6 Å². The maximum absolute atomic E-state index is 3.56. The Morgan fingerprint density at radius 1 is 1.26 bits per heavy atom. The fraction of sp³-hybridized carbons (Fsp3) is 0.647. The molecule has 106 valence electrons. The molecule has 19 heavy (non-hydrogen) atoms. The first-order valence-corrected chi connectivity index (χ1v) is 8.66. The minimum absolute atomic E-state index is 0.719.